The lowest BCUT2D eigenvalue weighted by molar-refractivity contribution is -0.870. The molecule has 0 aliphatic carbocycles. The molecule has 10 heteroatoms. The summed E-state index contributed by atoms with van der Waals surface area (Å²) in [5, 5.41) is 0. The van der Waals surface area contributed by atoms with Crippen LogP contribution in [0.3, 0.4) is 0 Å². The van der Waals surface area contributed by atoms with E-state index in [2.05, 4.69) is 123 Å². The first kappa shape index (κ1) is 68.7. The highest BCUT2D eigenvalue weighted by Gasteiger charge is 2.21. The van der Waals surface area contributed by atoms with E-state index in [0.29, 0.717) is 23.9 Å². The first-order valence-corrected chi connectivity index (χ1v) is 30.1. The summed E-state index contributed by atoms with van der Waals surface area (Å²) in [5.41, 5.74) is 0. The molecule has 0 heterocycles. The number of rotatable bonds is 51. The van der Waals surface area contributed by atoms with Gasteiger partial charge in [-0.1, -0.05) is 213 Å². The van der Waals surface area contributed by atoms with Crippen molar-refractivity contribution in [3.8, 4) is 0 Å². The number of unbranched alkanes of at least 4 members (excludes halogenated alkanes) is 19. The average Bonchev–Trinajstić information content (AvgIpc) is 3.34. The number of allylic oxidation sites excluding steroid dienone is 18. The monoisotopic (exact) mass is 1020 g/mol. The number of likely N-dealkylation sites (N-methyl/N-ethyl adjacent to an activating group) is 1. The third kappa shape index (κ3) is 56.0. The lowest BCUT2D eigenvalue weighted by Gasteiger charge is -2.28. The van der Waals surface area contributed by atoms with E-state index in [1.54, 1.807) is 0 Å². The van der Waals surface area contributed by atoms with Crippen molar-refractivity contribution in [1.82, 2.24) is 0 Å². The SMILES string of the molecule is CC/C=C\C/C=C\C/C=C\C/C=C\C/C=C\C/C=C\CCCCCCCCC(=O)OC(COC(=O)CCCCCCCCCC/C=C\C/C=C\C/C=C\CCCCCCC)COP(=O)([O-])OCC[N+](C)(C)C. The van der Waals surface area contributed by atoms with Crippen molar-refractivity contribution < 1.29 is 42.1 Å². The van der Waals surface area contributed by atoms with E-state index in [-0.39, 0.29) is 26.1 Å². The second-order valence-corrected chi connectivity index (χ2v) is 21.3. The molecule has 0 saturated heterocycles. The average molecular weight is 1020 g/mol. The number of phosphoric ester groups is 1. The minimum absolute atomic E-state index is 0.0415. The maximum atomic E-state index is 12.8. The zero-order valence-corrected chi connectivity index (χ0v) is 47.5. The maximum absolute atomic E-state index is 12.8. The number of carbonyl (C=O) groups excluding carboxylic acids is 2. The number of hydrogen-bond acceptors (Lipinski definition) is 8. The summed E-state index contributed by atoms with van der Waals surface area (Å²) < 4.78 is 34.1. The molecule has 0 aromatic heterocycles. The Bertz CT molecular complexity index is 1580. The Morgan fingerprint density at radius 2 is 0.792 bits per heavy atom. The van der Waals surface area contributed by atoms with E-state index in [4.69, 9.17) is 18.5 Å². The van der Waals surface area contributed by atoms with Crippen LogP contribution in [-0.2, 0) is 32.7 Å². The number of carbonyl (C=O) groups is 2. The second kappa shape index (κ2) is 52.5. The fourth-order valence-corrected chi connectivity index (χ4v) is 8.10. The number of ether oxygens (including phenoxy) is 2. The number of nitrogens with zero attached hydrogens (tertiary/aromatic N) is 1. The summed E-state index contributed by atoms with van der Waals surface area (Å²) >= 11 is 0. The van der Waals surface area contributed by atoms with Gasteiger partial charge in [-0.3, -0.25) is 14.2 Å². The molecule has 412 valence electrons. The predicted octanol–water partition coefficient (Wildman–Crippen LogP) is 17.2. The zero-order chi connectivity index (χ0) is 52.7. The molecule has 0 aliphatic rings. The summed E-state index contributed by atoms with van der Waals surface area (Å²) in [6, 6.07) is 0. The minimum Gasteiger partial charge on any atom is -0.756 e. The summed E-state index contributed by atoms with van der Waals surface area (Å²) in [5.74, 6) is -0.865. The van der Waals surface area contributed by atoms with Crippen LogP contribution in [0.1, 0.15) is 219 Å². The van der Waals surface area contributed by atoms with Gasteiger partial charge in [-0.25, -0.2) is 0 Å². The molecule has 0 fully saturated rings. The third-order valence-electron chi connectivity index (χ3n) is 11.8. The van der Waals surface area contributed by atoms with Crippen LogP contribution < -0.4 is 4.89 Å². The molecule has 0 aromatic rings. The van der Waals surface area contributed by atoms with Gasteiger partial charge in [-0.2, -0.15) is 0 Å². The first-order chi connectivity index (χ1) is 35.0. The van der Waals surface area contributed by atoms with Gasteiger partial charge in [0, 0.05) is 12.8 Å². The summed E-state index contributed by atoms with van der Waals surface area (Å²) in [6.07, 6.45) is 72.6. The Morgan fingerprint density at radius 1 is 0.444 bits per heavy atom. The van der Waals surface area contributed by atoms with Crippen LogP contribution in [0.2, 0.25) is 0 Å². The molecule has 0 N–H and O–H groups in total. The Labute approximate surface area is 442 Å². The summed E-state index contributed by atoms with van der Waals surface area (Å²) in [6.45, 7) is 4.08. The lowest BCUT2D eigenvalue weighted by atomic mass is 10.1. The van der Waals surface area contributed by atoms with Gasteiger partial charge in [0.15, 0.2) is 6.10 Å². The quantitative estimate of drug-likeness (QED) is 0.0195. The number of hydrogen-bond donors (Lipinski definition) is 0. The number of esters is 2. The molecular formula is C62H106NO8P. The number of quaternary nitrogens is 1. The van der Waals surface area contributed by atoms with Gasteiger partial charge < -0.3 is 27.9 Å². The Hall–Kier alpha value is -3.33. The van der Waals surface area contributed by atoms with Crippen molar-refractivity contribution in [2.45, 2.75) is 225 Å². The van der Waals surface area contributed by atoms with E-state index in [0.717, 1.165) is 116 Å². The van der Waals surface area contributed by atoms with E-state index >= 15 is 0 Å². The van der Waals surface area contributed by atoms with Gasteiger partial charge in [0.25, 0.3) is 7.82 Å². The van der Waals surface area contributed by atoms with Crippen LogP contribution in [0.5, 0.6) is 0 Å². The van der Waals surface area contributed by atoms with E-state index < -0.39 is 32.5 Å². The third-order valence-corrected chi connectivity index (χ3v) is 12.7. The molecule has 0 rings (SSSR count). The molecule has 0 radical (unpaired) electrons. The fraction of sp³-hybridized carbons (Fsp3) is 0.677. The van der Waals surface area contributed by atoms with Gasteiger partial charge in [-0.15, -0.1) is 0 Å². The Kier molecular flexibility index (Phi) is 50.1. The van der Waals surface area contributed by atoms with E-state index in [1.807, 2.05) is 21.1 Å². The van der Waals surface area contributed by atoms with E-state index in [9.17, 15) is 19.0 Å². The van der Waals surface area contributed by atoms with Crippen LogP contribution in [0, 0.1) is 0 Å². The molecule has 0 bridgehead atoms. The highest BCUT2D eigenvalue weighted by atomic mass is 31.2. The Balaban J connectivity index is 4.27. The highest BCUT2D eigenvalue weighted by Crippen LogP contribution is 2.38. The lowest BCUT2D eigenvalue weighted by Crippen LogP contribution is -2.37. The first-order valence-electron chi connectivity index (χ1n) is 28.6. The van der Waals surface area contributed by atoms with Crippen molar-refractivity contribution in [1.29, 1.82) is 0 Å². The summed E-state index contributed by atoms with van der Waals surface area (Å²) in [4.78, 5) is 37.9. The van der Waals surface area contributed by atoms with Crippen LogP contribution in [0.25, 0.3) is 0 Å². The smallest absolute Gasteiger partial charge is 0.306 e. The predicted molar refractivity (Wildman–Crippen MR) is 305 cm³/mol. The van der Waals surface area contributed by atoms with Gasteiger partial charge in [0.2, 0.25) is 0 Å². The van der Waals surface area contributed by atoms with Crippen molar-refractivity contribution in [3.05, 3.63) is 109 Å². The van der Waals surface area contributed by atoms with Crippen molar-refractivity contribution in [3.63, 3.8) is 0 Å². The Morgan fingerprint density at radius 3 is 1.18 bits per heavy atom. The molecule has 72 heavy (non-hydrogen) atoms. The van der Waals surface area contributed by atoms with Crippen LogP contribution >= 0.6 is 7.82 Å². The molecule has 0 aliphatic heterocycles. The van der Waals surface area contributed by atoms with Crippen LogP contribution in [0.15, 0.2) is 109 Å². The largest absolute Gasteiger partial charge is 0.756 e. The molecule has 0 aromatic carbocycles. The van der Waals surface area contributed by atoms with E-state index in [1.165, 1.54) is 64.2 Å². The zero-order valence-electron chi connectivity index (χ0n) is 46.6. The molecule has 2 unspecified atom stereocenters. The molecule has 0 amide bonds. The van der Waals surface area contributed by atoms with Crippen LogP contribution in [0.4, 0.5) is 0 Å². The fourth-order valence-electron chi connectivity index (χ4n) is 7.37. The topological polar surface area (TPSA) is 111 Å². The van der Waals surface area contributed by atoms with Gasteiger partial charge in [-0.05, 0) is 103 Å². The molecular weight excluding hydrogens is 918 g/mol. The molecule has 2 atom stereocenters. The van der Waals surface area contributed by atoms with Crippen LogP contribution in [-0.4, -0.2) is 70.0 Å². The number of phosphoric acid groups is 1. The van der Waals surface area contributed by atoms with Crippen molar-refractivity contribution >= 4 is 19.8 Å². The normalized spacial score (nSPS) is 14.1. The maximum Gasteiger partial charge on any atom is 0.306 e. The minimum atomic E-state index is -4.65. The summed E-state index contributed by atoms with van der Waals surface area (Å²) in [7, 11) is 1.13. The molecule has 0 saturated carbocycles. The van der Waals surface area contributed by atoms with Crippen molar-refractivity contribution in [2.24, 2.45) is 0 Å². The van der Waals surface area contributed by atoms with Gasteiger partial charge in [0.1, 0.15) is 19.8 Å². The second-order valence-electron chi connectivity index (χ2n) is 19.9. The molecule has 0 spiro atoms. The standard InChI is InChI=1S/C62H106NO8P/c1-6-8-10-12-14-16-18-20-22-24-26-28-30-31-33-35-37-39-41-43-45-47-49-51-53-55-62(65)71-60(59-70-72(66,67)69-57-56-63(3,4)5)58-68-61(64)54-52-50-48-46-44-42-40-38-36-34-32-29-27-25-23-21-19-17-15-13-11-9-7-2/h8,10,14,16,19-22,25-28,31-34,37,39,60H,6-7,9,11-13,15,17-18,23-24,29-30,35-36,38,40-59H2,1-5H3/b10-8-,16-14-,21-19-,22-20-,27-25-,28-26-,33-31-,34-32-,39-37-. The van der Waals surface area contributed by atoms with Crippen molar-refractivity contribution in [2.75, 3.05) is 47.5 Å². The highest BCUT2D eigenvalue weighted by molar-refractivity contribution is 7.45. The van der Waals surface area contributed by atoms with Gasteiger partial charge >= 0.3 is 11.9 Å². The van der Waals surface area contributed by atoms with Gasteiger partial charge in [0.05, 0.1) is 27.7 Å². The molecule has 9 nitrogen and oxygen atoms in total.